The van der Waals surface area contributed by atoms with Crippen molar-refractivity contribution in [1.29, 1.82) is 0 Å². The van der Waals surface area contributed by atoms with Gasteiger partial charge in [0.25, 0.3) is 5.91 Å². The Morgan fingerprint density at radius 1 is 0.712 bits per heavy atom. The Bertz CT molecular complexity index is 2370. The molecule has 0 saturated carbocycles. The van der Waals surface area contributed by atoms with E-state index in [2.05, 4.69) is 4.90 Å². The van der Waals surface area contributed by atoms with E-state index in [4.69, 9.17) is 47.0 Å². The second-order valence-electron chi connectivity index (χ2n) is 16.1. The molecule has 3 saturated heterocycles. The van der Waals surface area contributed by atoms with Gasteiger partial charge >= 0.3 is 0 Å². The zero-order valence-corrected chi connectivity index (χ0v) is 37.0. The summed E-state index contributed by atoms with van der Waals surface area (Å²) >= 11 is 0. The number of hydrogen-bond donors (Lipinski definition) is 7. The summed E-state index contributed by atoms with van der Waals surface area (Å²) in [6, 6.07) is 12.0. The summed E-state index contributed by atoms with van der Waals surface area (Å²) in [4.78, 5) is 30.7. The van der Waals surface area contributed by atoms with E-state index in [0.717, 1.165) is 11.6 Å². The van der Waals surface area contributed by atoms with Crippen molar-refractivity contribution in [2.45, 2.75) is 74.7 Å². The van der Waals surface area contributed by atoms with Crippen LogP contribution in [0.1, 0.15) is 12.5 Å². The molecular formula is C45H56N2O19. The summed E-state index contributed by atoms with van der Waals surface area (Å²) in [6.07, 6.45) is -14.2. The maximum atomic E-state index is 13.4. The molecular weight excluding hydrogens is 872 g/mol. The topological polar surface area (TPSA) is 278 Å². The van der Waals surface area contributed by atoms with E-state index in [1.54, 1.807) is 44.4 Å². The van der Waals surface area contributed by atoms with Crippen LogP contribution in [0.5, 0.6) is 40.2 Å². The number of ether oxygens (including phenoxy) is 9. The Balaban J connectivity index is 0.995. The third kappa shape index (κ3) is 10.2. The molecule has 0 unspecified atom stereocenters. The number of rotatable bonds is 16. The van der Waals surface area contributed by atoms with Gasteiger partial charge in [0.15, 0.2) is 35.0 Å². The number of phenolic OH excluding ortho intramolecular Hbond substituents is 1. The van der Waals surface area contributed by atoms with E-state index < -0.39 is 72.4 Å². The standard InChI is InChI=1S/C45H56N2O19/c1-22-37(51)40(54)38(52)33(63-22)19-61-20-34-39(53)41(55)42(56)45(66-34)64-25-15-26(48)36-27(49)17-30(65-32(36)16-25)23-6-8-28(57-2)31(14-23)62-21-35(50)47-12-10-46(11-13-47)18-24-7-9-29(58-3)44(60-5)43(24)59-4/h6-9,14-17,22,33-34,37-42,45,48,51-56H,10-13,18-21H2,1-5H3/t22-,33-,34+,37-,38-,39+,40+,41-,42+,45+/m0/s1. The summed E-state index contributed by atoms with van der Waals surface area (Å²) in [5.74, 6) is 1.29. The molecule has 3 aromatic carbocycles. The van der Waals surface area contributed by atoms with Crippen LogP contribution >= 0.6 is 0 Å². The minimum absolute atomic E-state index is 0.0540. The quantitative estimate of drug-likeness (QED) is 0.0779. The number of benzene rings is 3. The molecule has 1 amide bonds. The van der Waals surface area contributed by atoms with Gasteiger partial charge < -0.3 is 87.7 Å². The van der Waals surface area contributed by atoms with Gasteiger partial charge in [-0.3, -0.25) is 14.5 Å². The van der Waals surface area contributed by atoms with Gasteiger partial charge in [-0.05, 0) is 31.2 Å². The molecule has 0 radical (unpaired) electrons. The number of carbonyl (C=O) groups excluding carboxylic acids is 1. The minimum Gasteiger partial charge on any atom is -0.507 e. The summed E-state index contributed by atoms with van der Waals surface area (Å²) in [6.45, 7) is 3.22. The first-order chi connectivity index (χ1) is 31.6. The van der Waals surface area contributed by atoms with Crippen LogP contribution in [0.2, 0.25) is 0 Å². The maximum Gasteiger partial charge on any atom is 0.260 e. The van der Waals surface area contributed by atoms with Crippen LogP contribution in [-0.2, 0) is 25.5 Å². The highest BCUT2D eigenvalue weighted by molar-refractivity contribution is 5.86. The lowest BCUT2D eigenvalue weighted by Crippen LogP contribution is -2.60. The lowest BCUT2D eigenvalue weighted by atomic mass is 9.96. The molecule has 0 aliphatic carbocycles. The molecule has 3 aliphatic rings. The van der Waals surface area contributed by atoms with Crippen molar-refractivity contribution in [2.75, 3.05) is 74.4 Å². The molecule has 3 fully saturated rings. The number of aliphatic hydroxyl groups excluding tert-OH is 6. The van der Waals surface area contributed by atoms with Gasteiger partial charge in [0.1, 0.15) is 77.1 Å². The maximum absolute atomic E-state index is 13.4. The minimum atomic E-state index is -1.79. The largest absolute Gasteiger partial charge is 0.507 e. The average molecular weight is 929 g/mol. The van der Waals surface area contributed by atoms with Gasteiger partial charge in [0.2, 0.25) is 12.0 Å². The SMILES string of the molecule is COc1ccc(-c2cc(=O)c3c(O)cc(O[C@@H]4O[C@H](COC[C@@H]5O[C@@H](C)[C@H](O)[C@@H](O)[C@H]5O)[C@@H](O)[C@H](O)[C@H]4O)cc3o2)cc1OCC(=O)N1CCN(Cc2ccc(OC)c(OC)c2OC)CC1. The predicted molar refractivity (Wildman–Crippen MR) is 230 cm³/mol. The summed E-state index contributed by atoms with van der Waals surface area (Å²) < 4.78 is 56.8. The van der Waals surface area contributed by atoms with Gasteiger partial charge in [-0.25, -0.2) is 0 Å². The Hall–Kier alpha value is -5.46. The normalized spacial score (nSPS) is 27.0. The Morgan fingerprint density at radius 2 is 1.36 bits per heavy atom. The molecule has 4 heterocycles. The van der Waals surface area contributed by atoms with Crippen LogP contribution in [0.15, 0.2) is 57.7 Å². The number of nitrogens with zero attached hydrogens (tertiary/aromatic N) is 2. The highest BCUT2D eigenvalue weighted by atomic mass is 16.7. The zero-order valence-electron chi connectivity index (χ0n) is 37.0. The summed E-state index contributed by atoms with van der Waals surface area (Å²) in [5, 5.41) is 73.2. The van der Waals surface area contributed by atoms with E-state index in [9.17, 15) is 45.3 Å². The van der Waals surface area contributed by atoms with E-state index in [-0.39, 0.29) is 54.0 Å². The van der Waals surface area contributed by atoms with Crippen molar-refractivity contribution in [1.82, 2.24) is 9.80 Å². The molecule has 0 bridgehead atoms. The van der Waals surface area contributed by atoms with Crippen LogP contribution in [0.4, 0.5) is 0 Å². The first kappa shape index (κ1) is 48.5. The summed E-state index contributed by atoms with van der Waals surface area (Å²) in [7, 11) is 6.12. The van der Waals surface area contributed by atoms with Gasteiger partial charge in [-0.1, -0.05) is 6.07 Å². The van der Waals surface area contributed by atoms with Crippen LogP contribution < -0.4 is 33.8 Å². The summed E-state index contributed by atoms with van der Waals surface area (Å²) in [5.41, 5.74) is 0.543. The molecule has 3 aliphatic heterocycles. The fourth-order valence-electron chi connectivity index (χ4n) is 8.17. The van der Waals surface area contributed by atoms with Crippen molar-refractivity contribution < 1.29 is 87.6 Å². The number of carbonyl (C=O) groups is 1. The van der Waals surface area contributed by atoms with Crippen molar-refractivity contribution in [2.24, 2.45) is 0 Å². The third-order valence-corrected chi connectivity index (χ3v) is 11.9. The number of aromatic hydroxyl groups is 1. The number of fused-ring (bicyclic) bond motifs is 1. The third-order valence-electron chi connectivity index (χ3n) is 11.9. The first-order valence-corrected chi connectivity index (χ1v) is 21.2. The Labute approximate surface area is 378 Å². The molecule has 4 aromatic rings. The number of piperazine rings is 1. The van der Waals surface area contributed by atoms with Crippen LogP contribution in [-0.4, -0.2) is 187 Å². The van der Waals surface area contributed by atoms with Crippen LogP contribution in [0.3, 0.4) is 0 Å². The van der Waals surface area contributed by atoms with Crippen molar-refractivity contribution >= 4 is 16.9 Å². The van der Waals surface area contributed by atoms with Gasteiger partial charge in [-0.2, -0.15) is 0 Å². The lowest BCUT2D eigenvalue weighted by molar-refractivity contribution is -0.283. The van der Waals surface area contributed by atoms with Crippen molar-refractivity contribution in [3.8, 4) is 51.6 Å². The van der Waals surface area contributed by atoms with Gasteiger partial charge in [-0.15, -0.1) is 0 Å². The van der Waals surface area contributed by atoms with Gasteiger partial charge in [0, 0.05) is 62.0 Å². The molecule has 21 nitrogen and oxygen atoms in total. The fourth-order valence-corrected chi connectivity index (χ4v) is 8.17. The zero-order chi connectivity index (χ0) is 47.4. The Kier molecular flexibility index (Phi) is 15.4. The van der Waals surface area contributed by atoms with E-state index in [0.29, 0.717) is 61.3 Å². The Morgan fingerprint density at radius 3 is 2.03 bits per heavy atom. The highest BCUT2D eigenvalue weighted by Gasteiger charge is 2.46. The van der Waals surface area contributed by atoms with E-state index >= 15 is 0 Å². The smallest absolute Gasteiger partial charge is 0.260 e. The second kappa shape index (κ2) is 21.0. The van der Waals surface area contributed by atoms with Crippen LogP contribution in [0.25, 0.3) is 22.3 Å². The predicted octanol–water partition coefficient (Wildman–Crippen LogP) is -0.00380. The van der Waals surface area contributed by atoms with E-state index in [1.165, 1.54) is 26.2 Å². The van der Waals surface area contributed by atoms with E-state index in [1.807, 2.05) is 12.1 Å². The van der Waals surface area contributed by atoms with Crippen molar-refractivity contribution in [3.05, 3.63) is 64.3 Å². The number of aliphatic hydroxyl groups is 6. The number of hydrogen-bond acceptors (Lipinski definition) is 20. The molecule has 7 N–H and O–H groups in total. The molecule has 7 rings (SSSR count). The number of phenols is 1. The molecule has 360 valence electrons. The van der Waals surface area contributed by atoms with Crippen molar-refractivity contribution in [3.63, 3.8) is 0 Å². The number of amides is 1. The molecule has 0 spiro atoms. The fraction of sp³-hybridized carbons (Fsp3) is 0.511. The average Bonchev–Trinajstić information content (AvgIpc) is 3.31. The monoisotopic (exact) mass is 928 g/mol. The second-order valence-corrected chi connectivity index (χ2v) is 16.1. The first-order valence-electron chi connectivity index (χ1n) is 21.2. The lowest BCUT2D eigenvalue weighted by Gasteiger charge is -2.41. The van der Waals surface area contributed by atoms with Gasteiger partial charge in [0.05, 0.1) is 47.8 Å². The van der Waals surface area contributed by atoms with Crippen LogP contribution in [0, 0.1) is 0 Å². The highest BCUT2D eigenvalue weighted by Crippen LogP contribution is 2.41. The molecule has 66 heavy (non-hydrogen) atoms. The molecule has 21 heteroatoms. The molecule has 1 aromatic heterocycles. The molecule has 10 atom stereocenters. The number of methoxy groups -OCH3 is 4.